The van der Waals surface area contributed by atoms with Crippen molar-refractivity contribution in [2.75, 3.05) is 17.7 Å². The van der Waals surface area contributed by atoms with E-state index in [0.29, 0.717) is 44.8 Å². The van der Waals surface area contributed by atoms with E-state index < -0.39 is 0 Å². The number of fused-ring (bicyclic) bond motifs is 2. The Morgan fingerprint density at radius 3 is 2.55 bits per heavy atom. The summed E-state index contributed by atoms with van der Waals surface area (Å²) in [5, 5.41) is 0.692. The fraction of sp³-hybridized carbons (Fsp3) is 0.346. The van der Waals surface area contributed by atoms with E-state index in [1.54, 1.807) is 24.3 Å². The minimum Gasteiger partial charge on any atom is -0.454 e. The first-order valence-electron chi connectivity index (χ1n) is 10.9. The number of furan rings is 1. The van der Waals surface area contributed by atoms with Gasteiger partial charge in [0, 0.05) is 29.8 Å². The minimum absolute atomic E-state index is 0.0239. The van der Waals surface area contributed by atoms with E-state index in [1.807, 2.05) is 18.0 Å². The lowest BCUT2D eigenvalue weighted by molar-refractivity contribution is 0.108. The van der Waals surface area contributed by atoms with Gasteiger partial charge in [0.2, 0.25) is 5.12 Å². The number of anilines is 1. The quantitative estimate of drug-likeness (QED) is 0.318. The predicted molar refractivity (Wildman–Crippen MR) is 134 cm³/mol. The first-order chi connectivity index (χ1) is 15.5. The maximum absolute atomic E-state index is 13.7. The second kappa shape index (κ2) is 8.78. The lowest BCUT2D eigenvalue weighted by Crippen LogP contribution is -2.27. The summed E-state index contributed by atoms with van der Waals surface area (Å²) in [7, 11) is 1.94. The zero-order chi connectivity index (χ0) is 23.9. The van der Waals surface area contributed by atoms with E-state index in [4.69, 9.17) is 14.4 Å². The van der Waals surface area contributed by atoms with Crippen LogP contribution in [0.25, 0.3) is 33.5 Å². The molecule has 0 atom stereocenters. The van der Waals surface area contributed by atoms with Crippen LogP contribution in [-0.4, -0.2) is 33.9 Å². The number of aromatic nitrogens is 2. The van der Waals surface area contributed by atoms with E-state index in [-0.39, 0.29) is 22.4 Å². The van der Waals surface area contributed by atoms with Gasteiger partial charge in [0.05, 0.1) is 11.0 Å². The monoisotopic (exact) mass is 465 g/mol. The van der Waals surface area contributed by atoms with Gasteiger partial charge in [-0.1, -0.05) is 32.5 Å². The molecule has 0 N–H and O–H groups in total. The maximum atomic E-state index is 13.7. The summed E-state index contributed by atoms with van der Waals surface area (Å²) >= 11 is 1.32. The minimum atomic E-state index is -0.319. The third-order valence-corrected chi connectivity index (χ3v) is 6.85. The molecule has 0 spiro atoms. The highest BCUT2D eigenvalue weighted by Crippen LogP contribution is 2.34. The molecule has 4 rings (SSSR count). The van der Waals surface area contributed by atoms with Crippen LogP contribution in [0.3, 0.4) is 0 Å². The van der Waals surface area contributed by atoms with Gasteiger partial charge in [-0.2, -0.15) is 0 Å². The molecule has 0 unspecified atom stereocenters. The summed E-state index contributed by atoms with van der Waals surface area (Å²) in [6.45, 7) is 10.5. The van der Waals surface area contributed by atoms with Crippen LogP contribution < -0.4 is 4.90 Å². The van der Waals surface area contributed by atoms with Gasteiger partial charge in [-0.25, -0.2) is 14.4 Å². The van der Waals surface area contributed by atoms with Gasteiger partial charge >= 0.3 is 0 Å². The van der Waals surface area contributed by atoms with Crippen molar-refractivity contribution in [1.29, 1.82) is 0 Å². The second-order valence-corrected chi connectivity index (χ2v) is 10.7. The normalized spacial score (nSPS) is 12.1. The lowest BCUT2D eigenvalue weighted by Gasteiger charge is -2.24. The predicted octanol–water partition coefficient (Wildman–Crippen LogP) is 6.95. The highest BCUT2D eigenvalue weighted by Gasteiger charge is 2.21. The van der Waals surface area contributed by atoms with Gasteiger partial charge in [-0.3, -0.25) is 4.79 Å². The number of rotatable bonds is 5. The number of hydrogen-bond donors (Lipinski definition) is 0. The number of carbonyl (C=O) groups excluding carboxylic acids is 1. The van der Waals surface area contributed by atoms with Crippen LogP contribution in [0.15, 0.2) is 46.9 Å². The Morgan fingerprint density at radius 1 is 1.09 bits per heavy atom. The summed E-state index contributed by atoms with van der Waals surface area (Å²) in [6.07, 6.45) is 0. The van der Waals surface area contributed by atoms with Gasteiger partial charge in [0.15, 0.2) is 11.6 Å². The molecule has 172 valence electrons. The summed E-state index contributed by atoms with van der Waals surface area (Å²) in [4.78, 5) is 24.5. The fourth-order valence-corrected chi connectivity index (χ4v) is 4.18. The molecule has 0 aliphatic rings. The van der Waals surface area contributed by atoms with E-state index >= 15 is 0 Å². The molecule has 0 saturated heterocycles. The van der Waals surface area contributed by atoms with E-state index in [9.17, 15) is 9.18 Å². The van der Waals surface area contributed by atoms with Crippen molar-refractivity contribution in [3.05, 3.63) is 53.8 Å². The maximum Gasteiger partial charge on any atom is 0.219 e. The van der Waals surface area contributed by atoms with Crippen molar-refractivity contribution in [2.45, 2.75) is 40.7 Å². The Bertz CT molecular complexity index is 1340. The molecule has 0 fully saturated rings. The van der Waals surface area contributed by atoms with Crippen LogP contribution in [0, 0.1) is 11.2 Å². The average molecular weight is 466 g/mol. The lowest BCUT2D eigenvalue weighted by atomic mass is 10.0. The summed E-state index contributed by atoms with van der Waals surface area (Å²) in [6, 6.07) is 11.8. The highest BCUT2D eigenvalue weighted by atomic mass is 32.2. The summed E-state index contributed by atoms with van der Waals surface area (Å²) in [5.74, 6) is 1.58. The molecule has 5 nitrogen and oxygen atoms in total. The molecule has 33 heavy (non-hydrogen) atoms. The number of halogens is 1. The van der Waals surface area contributed by atoms with Gasteiger partial charge in [-0.05, 0) is 61.7 Å². The standard InChI is InChI=1S/C26H28FN3O2S/c1-15(2)30(6)24-23(22-13-17-11-18(27)8-10-21(17)32-22)28-19-9-7-16(12-20(19)29-24)25(31)33-14-26(3,4)5/h7-13,15H,14H2,1-6H3. The molecule has 4 aromatic rings. The van der Waals surface area contributed by atoms with Gasteiger partial charge in [-0.15, -0.1) is 0 Å². The molecule has 0 radical (unpaired) electrons. The summed E-state index contributed by atoms with van der Waals surface area (Å²) in [5.41, 5.74) is 3.14. The van der Waals surface area contributed by atoms with Crippen molar-refractivity contribution in [3.63, 3.8) is 0 Å². The zero-order valence-electron chi connectivity index (χ0n) is 19.8. The molecule has 0 aliphatic heterocycles. The van der Waals surface area contributed by atoms with E-state index in [0.717, 1.165) is 5.75 Å². The van der Waals surface area contributed by atoms with Crippen molar-refractivity contribution in [1.82, 2.24) is 9.97 Å². The highest BCUT2D eigenvalue weighted by molar-refractivity contribution is 8.14. The van der Waals surface area contributed by atoms with Gasteiger partial charge in [0.25, 0.3) is 0 Å². The Morgan fingerprint density at radius 2 is 1.85 bits per heavy atom. The topological polar surface area (TPSA) is 59.2 Å². The number of hydrogen-bond acceptors (Lipinski definition) is 6. The Hall–Kier alpha value is -2.93. The Balaban J connectivity index is 1.81. The molecule has 2 aromatic heterocycles. The number of thioether (sulfide) groups is 1. The molecule has 7 heteroatoms. The van der Waals surface area contributed by atoms with Crippen LogP contribution in [0.5, 0.6) is 0 Å². The van der Waals surface area contributed by atoms with Crippen LogP contribution >= 0.6 is 11.8 Å². The van der Waals surface area contributed by atoms with Crippen molar-refractivity contribution in [2.24, 2.45) is 5.41 Å². The molecule has 2 heterocycles. The van der Waals surface area contributed by atoms with Gasteiger partial charge in [0.1, 0.15) is 17.1 Å². The van der Waals surface area contributed by atoms with Crippen LogP contribution in [-0.2, 0) is 0 Å². The average Bonchev–Trinajstić information content (AvgIpc) is 3.18. The second-order valence-electron chi connectivity index (χ2n) is 9.73. The third kappa shape index (κ3) is 5.03. The van der Waals surface area contributed by atoms with E-state index in [1.165, 1.54) is 23.9 Å². The van der Waals surface area contributed by atoms with Crippen molar-refractivity contribution in [3.8, 4) is 11.5 Å². The SMILES string of the molecule is CC(C)N(C)c1nc2cc(C(=O)SCC(C)(C)C)ccc2nc1-c1cc2cc(F)ccc2o1. The fourth-order valence-electron chi connectivity index (χ4n) is 3.32. The number of carbonyl (C=O) groups is 1. The van der Waals surface area contributed by atoms with Crippen molar-refractivity contribution < 1.29 is 13.6 Å². The van der Waals surface area contributed by atoms with E-state index in [2.05, 4.69) is 34.6 Å². The molecular weight excluding hydrogens is 437 g/mol. The Kier molecular flexibility index (Phi) is 6.18. The molecule has 0 bridgehead atoms. The Labute approximate surface area is 197 Å². The smallest absolute Gasteiger partial charge is 0.219 e. The largest absolute Gasteiger partial charge is 0.454 e. The number of benzene rings is 2. The first kappa shape index (κ1) is 23.2. The van der Waals surface area contributed by atoms with Gasteiger partial charge < -0.3 is 9.32 Å². The van der Waals surface area contributed by atoms with Crippen molar-refractivity contribution >= 4 is 44.7 Å². The molecule has 0 amide bonds. The molecule has 2 aromatic carbocycles. The first-order valence-corrected chi connectivity index (χ1v) is 11.9. The van der Waals surface area contributed by atoms with Crippen LogP contribution in [0.4, 0.5) is 10.2 Å². The molecular formula is C26H28FN3O2S. The summed E-state index contributed by atoms with van der Waals surface area (Å²) < 4.78 is 19.7. The zero-order valence-corrected chi connectivity index (χ0v) is 20.6. The molecule has 0 aliphatic carbocycles. The van der Waals surface area contributed by atoms with Crippen LogP contribution in [0.1, 0.15) is 45.0 Å². The van der Waals surface area contributed by atoms with Crippen LogP contribution in [0.2, 0.25) is 0 Å². The number of nitrogens with zero attached hydrogens (tertiary/aromatic N) is 3. The molecule has 0 saturated carbocycles. The third-order valence-electron chi connectivity index (χ3n) is 5.34.